The number of rotatable bonds is 2. The van der Waals surface area contributed by atoms with Crippen LogP contribution in [-0.2, 0) is 11.0 Å². The maximum absolute atomic E-state index is 12.7. The number of hydrogen-bond acceptors (Lipinski definition) is 3. The Bertz CT molecular complexity index is 718. The highest BCUT2D eigenvalue weighted by molar-refractivity contribution is 7.22. The molecule has 1 fully saturated rings. The van der Waals surface area contributed by atoms with Crippen LogP contribution >= 0.6 is 11.3 Å². The van der Waals surface area contributed by atoms with Crippen molar-refractivity contribution in [1.82, 2.24) is 4.98 Å². The number of amides is 1. The van der Waals surface area contributed by atoms with Crippen molar-refractivity contribution in [2.24, 2.45) is 11.8 Å². The van der Waals surface area contributed by atoms with Crippen molar-refractivity contribution in [3.8, 4) is 0 Å². The summed E-state index contributed by atoms with van der Waals surface area (Å²) in [4.78, 5) is 16.5. The fourth-order valence-corrected chi connectivity index (χ4v) is 3.79. The van der Waals surface area contributed by atoms with Gasteiger partial charge in [0, 0.05) is 5.92 Å². The molecule has 1 aromatic heterocycles. The maximum Gasteiger partial charge on any atom is 0.416 e. The summed E-state index contributed by atoms with van der Waals surface area (Å²) < 4.78 is 38.6. The lowest BCUT2D eigenvalue weighted by Gasteiger charge is -2.24. The van der Waals surface area contributed by atoms with Crippen molar-refractivity contribution in [3.63, 3.8) is 0 Å². The Morgan fingerprint density at radius 2 is 1.96 bits per heavy atom. The summed E-state index contributed by atoms with van der Waals surface area (Å²) in [7, 11) is 0. The molecule has 0 aliphatic heterocycles. The maximum atomic E-state index is 12.7. The van der Waals surface area contributed by atoms with Crippen molar-refractivity contribution >= 4 is 32.6 Å². The molecule has 0 saturated heterocycles. The van der Waals surface area contributed by atoms with Crippen LogP contribution in [-0.4, -0.2) is 10.9 Å². The molecule has 1 N–H and O–H groups in total. The molecule has 2 aromatic rings. The second-order valence-electron chi connectivity index (χ2n) is 6.15. The van der Waals surface area contributed by atoms with Gasteiger partial charge < -0.3 is 5.32 Å². The smallest absolute Gasteiger partial charge is 0.302 e. The third-order valence-electron chi connectivity index (χ3n) is 4.33. The first-order valence-corrected chi connectivity index (χ1v) is 8.43. The lowest BCUT2D eigenvalue weighted by atomic mass is 9.82. The lowest BCUT2D eigenvalue weighted by molar-refractivity contribution is -0.137. The van der Waals surface area contributed by atoms with Crippen LogP contribution in [0.4, 0.5) is 18.3 Å². The number of nitrogens with zero attached hydrogens (tertiary/aromatic N) is 1. The minimum Gasteiger partial charge on any atom is -0.302 e. The second kappa shape index (κ2) is 6.11. The normalized spacial score (nSPS) is 22.3. The molecule has 0 unspecified atom stereocenters. The quantitative estimate of drug-likeness (QED) is 0.827. The average Bonchev–Trinajstić information content (AvgIpc) is 2.88. The van der Waals surface area contributed by atoms with E-state index in [4.69, 9.17) is 0 Å². The van der Waals surface area contributed by atoms with Crippen LogP contribution < -0.4 is 5.32 Å². The summed E-state index contributed by atoms with van der Waals surface area (Å²) in [5, 5.41) is 3.13. The Balaban J connectivity index is 1.74. The molecule has 0 atom stereocenters. The summed E-state index contributed by atoms with van der Waals surface area (Å²) in [5.41, 5.74) is -0.233. The van der Waals surface area contributed by atoms with Crippen molar-refractivity contribution < 1.29 is 18.0 Å². The molecule has 7 heteroatoms. The van der Waals surface area contributed by atoms with Gasteiger partial charge in [0.2, 0.25) is 5.91 Å². The van der Waals surface area contributed by atoms with E-state index in [2.05, 4.69) is 17.2 Å². The molecule has 3 nitrogen and oxygen atoms in total. The number of aromatic nitrogens is 1. The number of carbonyl (C=O) groups is 1. The van der Waals surface area contributed by atoms with E-state index in [0.717, 1.165) is 49.2 Å². The molecule has 1 aliphatic rings. The summed E-state index contributed by atoms with van der Waals surface area (Å²) >= 11 is 1.08. The first-order chi connectivity index (χ1) is 10.8. The Morgan fingerprint density at radius 3 is 2.61 bits per heavy atom. The number of hydrogen-bond donors (Lipinski definition) is 1. The predicted octanol–water partition coefficient (Wildman–Crippen LogP) is 5.08. The zero-order chi connectivity index (χ0) is 16.6. The van der Waals surface area contributed by atoms with Crippen molar-refractivity contribution in [3.05, 3.63) is 23.8 Å². The molecule has 1 saturated carbocycles. The summed E-state index contributed by atoms with van der Waals surface area (Å²) in [6.45, 7) is 2.18. The van der Waals surface area contributed by atoms with E-state index >= 15 is 0 Å². The van der Waals surface area contributed by atoms with Crippen LogP contribution in [0.2, 0.25) is 0 Å². The molecule has 124 valence electrons. The Hall–Kier alpha value is -1.63. The highest BCUT2D eigenvalue weighted by Gasteiger charge is 2.31. The van der Waals surface area contributed by atoms with Crippen molar-refractivity contribution in [1.29, 1.82) is 0 Å². The Morgan fingerprint density at radius 1 is 1.26 bits per heavy atom. The number of nitrogens with one attached hydrogen (secondary N) is 1. The van der Waals surface area contributed by atoms with Gasteiger partial charge in [-0.2, -0.15) is 13.2 Å². The number of alkyl halides is 3. The molecular weight excluding hydrogens is 325 g/mol. The van der Waals surface area contributed by atoms with Gasteiger partial charge in [-0.25, -0.2) is 4.98 Å². The second-order valence-corrected chi connectivity index (χ2v) is 7.18. The Kier molecular flexibility index (Phi) is 4.31. The minimum absolute atomic E-state index is 0.0241. The fraction of sp³-hybridized carbons (Fsp3) is 0.500. The van der Waals surface area contributed by atoms with Gasteiger partial charge in [-0.1, -0.05) is 18.3 Å². The predicted molar refractivity (Wildman–Crippen MR) is 84.4 cm³/mol. The molecule has 1 aromatic carbocycles. The number of fused-ring (bicyclic) bond motifs is 1. The van der Waals surface area contributed by atoms with Crippen LogP contribution in [0.25, 0.3) is 10.2 Å². The van der Waals surface area contributed by atoms with Gasteiger partial charge in [-0.3, -0.25) is 4.79 Å². The zero-order valence-corrected chi connectivity index (χ0v) is 13.4. The number of carbonyl (C=O) groups excluding carboxylic acids is 1. The fourth-order valence-electron chi connectivity index (χ4n) is 2.88. The third kappa shape index (κ3) is 3.65. The van der Waals surface area contributed by atoms with Crippen LogP contribution in [0.5, 0.6) is 0 Å². The molecule has 1 heterocycles. The van der Waals surface area contributed by atoms with Gasteiger partial charge in [0.15, 0.2) is 5.13 Å². The SMILES string of the molecule is CC1CCC(C(=O)Nc2nc3ccc(C(F)(F)F)cc3s2)CC1. The highest BCUT2D eigenvalue weighted by atomic mass is 32.1. The molecular formula is C16H17F3N2OS. The molecule has 1 amide bonds. The molecule has 0 radical (unpaired) electrons. The number of benzene rings is 1. The van der Waals surface area contributed by atoms with E-state index in [1.807, 2.05) is 0 Å². The van der Waals surface area contributed by atoms with E-state index < -0.39 is 11.7 Å². The third-order valence-corrected chi connectivity index (χ3v) is 5.27. The van der Waals surface area contributed by atoms with Gasteiger partial charge in [-0.15, -0.1) is 0 Å². The van der Waals surface area contributed by atoms with Crippen LogP contribution in [0.1, 0.15) is 38.2 Å². The summed E-state index contributed by atoms with van der Waals surface area (Å²) in [6, 6.07) is 3.42. The van der Waals surface area contributed by atoms with Gasteiger partial charge in [0.1, 0.15) is 0 Å². The van der Waals surface area contributed by atoms with Gasteiger partial charge in [0.25, 0.3) is 0 Å². The van der Waals surface area contributed by atoms with Crippen LogP contribution in [0.15, 0.2) is 18.2 Å². The van der Waals surface area contributed by atoms with E-state index in [0.29, 0.717) is 21.3 Å². The highest BCUT2D eigenvalue weighted by Crippen LogP contribution is 2.35. The van der Waals surface area contributed by atoms with Crippen LogP contribution in [0, 0.1) is 11.8 Å². The van der Waals surface area contributed by atoms with Crippen LogP contribution in [0.3, 0.4) is 0 Å². The number of anilines is 1. The Labute approximate surface area is 135 Å². The first-order valence-electron chi connectivity index (χ1n) is 7.61. The summed E-state index contributed by atoms with van der Waals surface area (Å²) in [5.74, 6) is 0.554. The zero-order valence-electron chi connectivity index (χ0n) is 12.6. The van der Waals surface area contributed by atoms with Gasteiger partial charge in [-0.05, 0) is 49.8 Å². The molecule has 3 rings (SSSR count). The largest absolute Gasteiger partial charge is 0.416 e. The standard InChI is InChI=1S/C16H17F3N2OS/c1-9-2-4-10(5-3-9)14(22)21-15-20-12-7-6-11(16(17,18)19)8-13(12)23-15/h6-10H,2-5H2,1H3,(H,20,21,22). The molecule has 0 bridgehead atoms. The van der Waals surface area contributed by atoms with E-state index in [-0.39, 0.29) is 11.8 Å². The number of halogens is 3. The molecule has 23 heavy (non-hydrogen) atoms. The lowest BCUT2D eigenvalue weighted by Crippen LogP contribution is -2.26. The monoisotopic (exact) mass is 342 g/mol. The number of thiazole rings is 1. The van der Waals surface area contributed by atoms with Gasteiger partial charge >= 0.3 is 6.18 Å². The molecule has 0 spiro atoms. The van der Waals surface area contributed by atoms with E-state index in [9.17, 15) is 18.0 Å². The van der Waals surface area contributed by atoms with E-state index in [1.54, 1.807) is 0 Å². The minimum atomic E-state index is -4.37. The van der Waals surface area contributed by atoms with Gasteiger partial charge in [0.05, 0.1) is 15.8 Å². The first kappa shape index (κ1) is 16.2. The van der Waals surface area contributed by atoms with E-state index in [1.165, 1.54) is 6.07 Å². The molecule has 1 aliphatic carbocycles. The van der Waals surface area contributed by atoms with Crippen molar-refractivity contribution in [2.45, 2.75) is 38.8 Å². The topological polar surface area (TPSA) is 42.0 Å². The average molecular weight is 342 g/mol. The van der Waals surface area contributed by atoms with Crippen molar-refractivity contribution in [2.75, 3.05) is 5.32 Å². The summed E-state index contributed by atoms with van der Waals surface area (Å²) in [6.07, 6.45) is -0.591.